The molecule has 3 heterocycles. The molecule has 0 N–H and O–H groups in total. The van der Waals surface area contributed by atoms with E-state index in [1.54, 1.807) is 7.11 Å². The predicted molar refractivity (Wildman–Crippen MR) is 90.2 cm³/mol. The summed E-state index contributed by atoms with van der Waals surface area (Å²) in [6.07, 6.45) is 6.19. The van der Waals surface area contributed by atoms with Crippen LogP contribution in [0, 0.1) is 6.92 Å². The average Bonchev–Trinajstić information content (AvgIpc) is 2.86. The van der Waals surface area contributed by atoms with E-state index in [2.05, 4.69) is 44.0 Å². The van der Waals surface area contributed by atoms with Crippen LogP contribution in [0.25, 0.3) is 0 Å². The van der Waals surface area contributed by atoms with Gasteiger partial charge in [0.15, 0.2) is 5.82 Å². The molecule has 0 amide bonds. The van der Waals surface area contributed by atoms with Crippen LogP contribution in [-0.2, 0) is 4.84 Å². The van der Waals surface area contributed by atoms with Crippen molar-refractivity contribution in [2.75, 3.05) is 44.2 Å². The molecule has 3 rings (SSSR count). The first-order valence-electron chi connectivity index (χ1n) is 7.81. The largest absolute Gasteiger partial charge is 0.376 e. The topological polar surface area (TPSA) is 44.2 Å². The first-order chi connectivity index (χ1) is 10.5. The van der Waals surface area contributed by atoms with Gasteiger partial charge in [0.2, 0.25) is 0 Å². The van der Waals surface area contributed by atoms with Gasteiger partial charge in [-0.05, 0) is 18.9 Å². The average molecular weight is 303 g/mol. The second kappa shape index (κ2) is 5.52. The summed E-state index contributed by atoms with van der Waals surface area (Å²) in [6, 6.07) is 0. The van der Waals surface area contributed by atoms with Gasteiger partial charge in [-0.1, -0.05) is 13.3 Å². The minimum Gasteiger partial charge on any atom is -0.376 e. The lowest BCUT2D eigenvalue weighted by molar-refractivity contribution is -0.114. The molecule has 1 saturated heterocycles. The van der Waals surface area contributed by atoms with Gasteiger partial charge < -0.3 is 14.6 Å². The van der Waals surface area contributed by atoms with E-state index >= 15 is 0 Å². The maximum absolute atomic E-state index is 5.48. The van der Waals surface area contributed by atoms with Crippen LogP contribution in [0.1, 0.15) is 25.3 Å². The van der Waals surface area contributed by atoms with Crippen molar-refractivity contribution in [3.63, 3.8) is 0 Å². The number of rotatable bonds is 4. The first kappa shape index (κ1) is 15.2. The van der Waals surface area contributed by atoms with Crippen molar-refractivity contribution in [2.45, 2.75) is 32.2 Å². The number of hydroxylamine groups is 2. The molecule has 1 atom stereocenters. The normalized spacial score (nSPS) is 23.6. The van der Waals surface area contributed by atoms with E-state index in [0.717, 1.165) is 48.8 Å². The SMILES string of the molecule is CCCC12C=Nc3c(ncc(C)c3N(C)C)N1CN(OC)C2. The van der Waals surface area contributed by atoms with Gasteiger partial charge in [0.25, 0.3) is 0 Å². The van der Waals surface area contributed by atoms with E-state index < -0.39 is 0 Å². The minimum absolute atomic E-state index is 0.108. The summed E-state index contributed by atoms with van der Waals surface area (Å²) in [7, 11) is 5.83. The Morgan fingerprint density at radius 2 is 2.18 bits per heavy atom. The molecule has 6 heteroatoms. The van der Waals surface area contributed by atoms with Gasteiger partial charge in [-0.2, -0.15) is 5.06 Å². The summed E-state index contributed by atoms with van der Waals surface area (Å²) in [4.78, 5) is 19.5. The number of pyridine rings is 1. The lowest BCUT2D eigenvalue weighted by Gasteiger charge is -2.39. The zero-order valence-corrected chi connectivity index (χ0v) is 14.1. The molecular formula is C16H25N5O. The summed E-state index contributed by atoms with van der Waals surface area (Å²) in [5.74, 6) is 0.963. The highest BCUT2D eigenvalue weighted by Gasteiger charge is 2.47. The molecule has 0 aliphatic carbocycles. The van der Waals surface area contributed by atoms with Crippen LogP contribution in [0.3, 0.4) is 0 Å². The van der Waals surface area contributed by atoms with Crippen LogP contribution in [0.5, 0.6) is 0 Å². The third-order valence-corrected chi connectivity index (χ3v) is 4.55. The minimum atomic E-state index is -0.108. The van der Waals surface area contributed by atoms with Crippen molar-refractivity contribution in [1.82, 2.24) is 10.0 Å². The Bertz CT molecular complexity index is 600. The van der Waals surface area contributed by atoms with Gasteiger partial charge in [0.05, 0.1) is 31.5 Å². The van der Waals surface area contributed by atoms with Gasteiger partial charge in [0, 0.05) is 26.5 Å². The number of fused-ring (bicyclic) bond motifs is 3. The Morgan fingerprint density at radius 3 is 2.82 bits per heavy atom. The second-order valence-electron chi connectivity index (χ2n) is 6.36. The quantitative estimate of drug-likeness (QED) is 0.854. The van der Waals surface area contributed by atoms with Crippen molar-refractivity contribution in [3.8, 4) is 0 Å². The van der Waals surface area contributed by atoms with Gasteiger partial charge in [-0.3, -0.25) is 4.99 Å². The summed E-state index contributed by atoms with van der Waals surface area (Å²) in [5, 5.41) is 1.98. The van der Waals surface area contributed by atoms with Crippen molar-refractivity contribution in [1.29, 1.82) is 0 Å². The summed E-state index contributed by atoms with van der Waals surface area (Å²) in [6.45, 7) is 5.84. The number of aromatic nitrogens is 1. The Labute approximate surface area is 132 Å². The molecule has 120 valence electrons. The maximum atomic E-state index is 5.48. The molecule has 1 fully saturated rings. The highest BCUT2D eigenvalue weighted by molar-refractivity contribution is 5.93. The zero-order valence-electron chi connectivity index (χ0n) is 14.1. The van der Waals surface area contributed by atoms with Crippen molar-refractivity contribution < 1.29 is 4.84 Å². The Kier molecular flexibility index (Phi) is 3.82. The molecule has 2 aliphatic rings. The van der Waals surface area contributed by atoms with Crippen LogP contribution in [0.4, 0.5) is 17.2 Å². The third kappa shape index (κ3) is 2.18. The molecule has 22 heavy (non-hydrogen) atoms. The molecule has 0 radical (unpaired) electrons. The summed E-state index contributed by atoms with van der Waals surface area (Å²) in [5.41, 5.74) is 3.15. The molecule has 0 bridgehead atoms. The highest BCUT2D eigenvalue weighted by Crippen LogP contribution is 2.46. The Morgan fingerprint density at radius 1 is 1.41 bits per heavy atom. The monoisotopic (exact) mass is 303 g/mol. The number of aliphatic imine (C=N–C) groups is 1. The van der Waals surface area contributed by atoms with E-state index in [-0.39, 0.29) is 5.54 Å². The standard InChI is InChI=1S/C16H25N5O/c1-6-7-16-9-18-13-14(19(3)4)12(2)8-17-15(13)21(16)11-20(10-16)22-5/h8-9H,6-7,10-11H2,1-5H3. The van der Waals surface area contributed by atoms with Gasteiger partial charge in [-0.25, -0.2) is 4.98 Å². The molecule has 1 unspecified atom stereocenters. The third-order valence-electron chi connectivity index (χ3n) is 4.55. The molecular weight excluding hydrogens is 278 g/mol. The molecule has 6 nitrogen and oxygen atoms in total. The predicted octanol–water partition coefficient (Wildman–Crippen LogP) is 2.35. The molecule has 1 aromatic heterocycles. The lowest BCUT2D eigenvalue weighted by Crippen LogP contribution is -2.49. The summed E-state index contributed by atoms with van der Waals surface area (Å²) >= 11 is 0. The number of nitrogens with zero attached hydrogens (tertiary/aromatic N) is 5. The van der Waals surface area contributed by atoms with E-state index in [1.807, 2.05) is 11.3 Å². The van der Waals surface area contributed by atoms with Gasteiger partial charge >= 0.3 is 0 Å². The van der Waals surface area contributed by atoms with Crippen LogP contribution < -0.4 is 9.80 Å². The Balaban J connectivity index is 2.12. The van der Waals surface area contributed by atoms with Crippen LogP contribution in [0.15, 0.2) is 11.2 Å². The van der Waals surface area contributed by atoms with Crippen molar-refractivity contribution >= 4 is 23.4 Å². The van der Waals surface area contributed by atoms with Crippen LogP contribution in [-0.4, -0.2) is 56.2 Å². The number of hydrogen-bond acceptors (Lipinski definition) is 6. The molecule has 0 aromatic carbocycles. The molecule has 0 spiro atoms. The van der Waals surface area contributed by atoms with Crippen molar-refractivity contribution in [2.24, 2.45) is 4.99 Å². The van der Waals surface area contributed by atoms with E-state index in [9.17, 15) is 0 Å². The fourth-order valence-electron chi connectivity index (χ4n) is 3.60. The van der Waals surface area contributed by atoms with Gasteiger partial charge in [-0.15, -0.1) is 0 Å². The van der Waals surface area contributed by atoms with Crippen LogP contribution >= 0.6 is 0 Å². The lowest BCUT2D eigenvalue weighted by atomic mass is 9.92. The van der Waals surface area contributed by atoms with E-state index in [1.165, 1.54) is 0 Å². The fourth-order valence-corrected chi connectivity index (χ4v) is 3.60. The number of anilines is 2. The van der Waals surface area contributed by atoms with E-state index in [4.69, 9.17) is 14.8 Å². The first-order valence-corrected chi connectivity index (χ1v) is 7.81. The van der Waals surface area contributed by atoms with Crippen LogP contribution in [0.2, 0.25) is 0 Å². The smallest absolute Gasteiger partial charge is 0.158 e. The highest BCUT2D eigenvalue weighted by atomic mass is 16.7. The maximum Gasteiger partial charge on any atom is 0.158 e. The Hall–Kier alpha value is -1.66. The zero-order chi connectivity index (χ0) is 15.9. The summed E-state index contributed by atoms with van der Waals surface area (Å²) < 4.78 is 0. The second-order valence-corrected chi connectivity index (χ2v) is 6.36. The number of hydrogen-bond donors (Lipinski definition) is 0. The fraction of sp³-hybridized carbons (Fsp3) is 0.625. The number of aryl methyl sites for hydroxylation is 1. The molecule has 0 saturated carbocycles. The van der Waals surface area contributed by atoms with Crippen molar-refractivity contribution in [3.05, 3.63) is 11.8 Å². The van der Waals surface area contributed by atoms with Gasteiger partial charge in [0.1, 0.15) is 5.69 Å². The molecule has 1 aromatic rings. The van der Waals surface area contributed by atoms with E-state index in [0.29, 0.717) is 0 Å². The molecule has 2 aliphatic heterocycles.